The third-order valence-electron chi connectivity index (χ3n) is 4.10. The zero-order chi connectivity index (χ0) is 21.0. The van der Waals surface area contributed by atoms with Crippen LogP contribution in [0.1, 0.15) is 26.4 Å². The molecule has 7 nitrogen and oxygen atoms in total. The number of carbonyl (C=O) groups excluding carboxylic acids is 2. The molecule has 9 heteroatoms. The van der Waals surface area contributed by atoms with Gasteiger partial charge in [-0.05, 0) is 29.8 Å². The van der Waals surface area contributed by atoms with Crippen molar-refractivity contribution in [2.75, 3.05) is 12.8 Å². The van der Waals surface area contributed by atoms with E-state index in [1.54, 1.807) is 24.3 Å². The molecule has 0 saturated carbocycles. The molecule has 0 fully saturated rings. The minimum absolute atomic E-state index is 0.00599. The summed E-state index contributed by atoms with van der Waals surface area (Å²) in [6, 6.07) is 9.94. The Balaban J connectivity index is 1.79. The maximum absolute atomic E-state index is 13.3. The highest BCUT2D eigenvalue weighted by molar-refractivity contribution is 5.97. The molecule has 1 heterocycles. The molecule has 148 valence electrons. The molecule has 0 radical (unpaired) electrons. The van der Waals surface area contributed by atoms with E-state index in [-0.39, 0.29) is 18.1 Å². The number of hydrogen-bond donors (Lipinski definition) is 3. The third-order valence-corrected chi connectivity index (χ3v) is 4.10. The highest BCUT2D eigenvalue weighted by Crippen LogP contribution is 2.20. The lowest BCUT2D eigenvalue weighted by atomic mass is 10.1. The summed E-state index contributed by atoms with van der Waals surface area (Å²) in [5, 5.41) is 5.07. The molecular formula is C20H17F2N5O2. The second kappa shape index (κ2) is 8.42. The fourth-order valence-corrected chi connectivity index (χ4v) is 2.58. The van der Waals surface area contributed by atoms with Gasteiger partial charge in [0.25, 0.3) is 11.8 Å². The van der Waals surface area contributed by atoms with E-state index in [1.165, 1.54) is 19.3 Å². The minimum Gasteiger partial charge on any atom is -0.382 e. The second-order valence-electron chi connectivity index (χ2n) is 6.08. The van der Waals surface area contributed by atoms with Crippen LogP contribution in [0.5, 0.6) is 0 Å². The van der Waals surface area contributed by atoms with E-state index in [0.717, 1.165) is 12.1 Å². The van der Waals surface area contributed by atoms with Crippen LogP contribution in [0.4, 0.5) is 14.6 Å². The van der Waals surface area contributed by atoms with Crippen LogP contribution in [-0.4, -0.2) is 28.8 Å². The molecule has 0 atom stereocenters. The van der Waals surface area contributed by atoms with Crippen molar-refractivity contribution in [1.82, 2.24) is 20.6 Å². The van der Waals surface area contributed by atoms with Gasteiger partial charge in [-0.3, -0.25) is 9.59 Å². The molecule has 3 aromatic rings. The summed E-state index contributed by atoms with van der Waals surface area (Å²) in [5.41, 5.74) is 7.35. The van der Waals surface area contributed by atoms with Crippen LogP contribution >= 0.6 is 0 Å². The number of nitrogen functional groups attached to an aromatic ring is 1. The van der Waals surface area contributed by atoms with Crippen LogP contribution in [0.25, 0.3) is 11.3 Å². The van der Waals surface area contributed by atoms with Crippen molar-refractivity contribution in [2.45, 2.75) is 6.54 Å². The molecule has 1 aromatic heterocycles. The van der Waals surface area contributed by atoms with E-state index in [0.29, 0.717) is 22.4 Å². The number of amides is 2. The predicted octanol–water partition coefficient (Wildman–Crippen LogP) is 2.29. The van der Waals surface area contributed by atoms with Crippen molar-refractivity contribution < 1.29 is 18.4 Å². The average molecular weight is 397 g/mol. The number of aromatic nitrogens is 2. The topological polar surface area (TPSA) is 110 Å². The van der Waals surface area contributed by atoms with Gasteiger partial charge in [0.1, 0.15) is 0 Å². The number of nitrogens with two attached hydrogens (primary N) is 1. The van der Waals surface area contributed by atoms with Gasteiger partial charge in [0.05, 0.1) is 11.9 Å². The number of hydrogen-bond acceptors (Lipinski definition) is 5. The quantitative estimate of drug-likeness (QED) is 0.612. The van der Waals surface area contributed by atoms with Gasteiger partial charge in [-0.2, -0.15) is 0 Å². The molecule has 0 aliphatic heterocycles. The van der Waals surface area contributed by atoms with Crippen molar-refractivity contribution in [3.05, 3.63) is 77.1 Å². The number of nitrogens with zero attached hydrogens (tertiary/aromatic N) is 2. The zero-order valence-corrected chi connectivity index (χ0v) is 15.4. The maximum atomic E-state index is 13.3. The molecule has 0 aliphatic carbocycles. The SMILES string of the molecule is CNC(=O)c1nc(-c2cccc(C(=O)NCc3ccc(F)c(F)c3)c2)cnc1N. The molecule has 0 spiro atoms. The Kier molecular flexibility index (Phi) is 5.77. The van der Waals surface area contributed by atoms with Crippen molar-refractivity contribution in [3.63, 3.8) is 0 Å². The molecule has 4 N–H and O–H groups in total. The van der Waals surface area contributed by atoms with E-state index >= 15 is 0 Å². The Bertz CT molecular complexity index is 1090. The van der Waals surface area contributed by atoms with Gasteiger partial charge in [0.2, 0.25) is 0 Å². The first kappa shape index (κ1) is 19.9. The summed E-state index contributed by atoms with van der Waals surface area (Å²) in [7, 11) is 1.45. The van der Waals surface area contributed by atoms with Crippen LogP contribution in [0.15, 0.2) is 48.7 Å². The van der Waals surface area contributed by atoms with Gasteiger partial charge in [-0.15, -0.1) is 0 Å². The molecule has 0 aliphatic rings. The molecule has 2 amide bonds. The average Bonchev–Trinajstić information content (AvgIpc) is 2.74. The number of benzene rings is 2. The van der Waals surface area contributed by atoms with E-state index in [9.17, 15) is 18.4 Å². The van der Waals surface area contributed by atoms with Crippen molar-refractivity contribution in [2.24, 2.45) is 0 Å². The van der Waals surface area contributed by atoms with Crippen LogP contribution in [0.3, 0.4) is 0 Å². The molecule has 0 unspecified atom stereocenters. The smallest absolute Gasteiger partial charge is 0.273 e. The predicted molar refractivity (Wildman–Crippen MR) is 103 cm³/mol. The Morgan fingerprint density at radius 3 is 2.59 bits per heavy atom. The van der Waals surface area contributed by atoms with Crippen LogP contribution in [0.2, 0.25) is 0 Å². The zero-order valence-electron chi connectivity index (χ0n) is 15.4. The number of rotatable bonds is 5. The Morgan fingerprint density at radius 2 is 1.86 bits per heavy atom. The molecule has 29 heavy (non-hydrogen) atoms. The lowest BCUT2D eigenvalue weighted by Gasteiger charge is -2.09. The molecular weight excluding hydrogens is 380 g/mol. The van der Waals surface area contributed by atoms with Crippen LogP contribution < -0.4 is 16.4 Å². The van der Waals surface area contributed by atoms with Gasteiger partial charge in [0.15, 0.2) is 23.1 Å². The Hall–Kier alpha value is -3.88. The van der Waals surface area contributed by atoms with Gasteiger partial charge in [-0.1, -0.05) is 18.2 Å². The van der Waals surface area contributed by atoms with Gasteiger partial charge < -0.3 is 16.4 Å². The second-order valence-corrected chi connectivity index (χ2v) is 6.08. The minimum atomic E-state index is -0.979. The highest BCUT2D eigenvalue weighted by atomic mass is 19.2. The molecule has 2 aromatic carbocycles. The number of halogens is 2. The third kappa shape index (κ3) is 4.52. The van der Waals surface area contributed by atoms with Crippen LogP contribution in [-0.2, 0) is 6.54 Å². The molecule has 3 rings (SSSR count). The Labute approximate surface area is 165 Å². The summed E-state index contributed by atoms with van der Waals surface area (Å²) in [6.45, 7) is 0.0305. The monoisotopic (exact) mass is 397 g/mol. The normalized spacial score (nSPS) is 10.4. The summed E-state index contributed by atoms with van der Waals surface area (Å²) in [5.74, 6) is -2.82. The van der Waals surface area contributed by atoms with E-state index in [1.807, 2.05) is 0 Å². The first-order chi connectivity index (χ1) is 13.9. The summed E-state index contributed by atoms with van der Waals surface area (Å²) < 4.78 is 26.3. The maximum Gasteiger partial charge on any atom is 0.273 e. The fraction of sp³-hybridized carbons (Fsp3) is 0.100. The first-order valence-electron chi connectivity index (χ1n) is 8.56. The lowest BCUT2D eigenvalue weighted by Crippen LogP contribution is -2.23. The van der Waals surface area contributed by atoms with Crippen molar-refractivity contribution >= 4 is 17.6 Å². The molecule has 0 saturated heterocycles. The Morgan fingerprint density at radius 1 is 1.07 bits per heavy atom. The van der Waals surface area contributed by atoms with Crippen LogP contribution in [0, 0.1) is 11.6 Å². The standard InChI is InChI=1S/C20H17F2N5O2/c1-24-20(29)17-18(23)25-10-16(27-17)12-3-2-4-13(8-12)19(28)26-9-11-5-6-14(21)15(22)7-11/h2-8,10H,9H2,1H3,(H2,23,25)(H,24,29)(H,26,28). The number of anilines is 1. The lowest BCUT2D eigenvalue weighted by molar-refractivity contribution is 0.0945. The summed E-state index contributed by atoms with van der Waals surface area (Å²) in [6.07, 6.45) is 1.40. The largest absolute Gasteiger partial charge is 0.382 e. The summed E-state index contributed by atoms with van der Waals surface area (Å²) in [4.78, 5) is 32.5. The van der Waals surface area contributed by atoms with E-state index in [2.05, 4.69) is 20.6 Å². The van der Waals surface area contributed by atoms with E-state index in [4.69, 9.17) is 5.73 Å². The fourth-order valence-electron chi connectivity index (χ4n) is 2.58. The van der Waals surface area contributed by atoms with Gasteiger partial charge in [0, 0.05) is 24.7 Å². The van der Waals surface area contributed by atoms with Gasteiger partial charge in [-0.25, -0.2) is 18.7 Å². The van der Waals surface area contributed by atoms with E-state index < -0.39 is 23.4 Å². The highest BCUT2D eigenvalue weighted by Gasteiger charge is 2.14. The summed E-state index contributed by atoms with van der Waals surface area (Å²) >= 11 is 0. The number of nitrogens with one attached hydrogen (secondary N) is 2. The first-order valence-corrected chi connectivity index (χ1v) is 8.56. The number of carbonyl (C=O) groups is 2. The van der Waals surface area contributed by atoms with Crippen molar-refractivity contribution in [1.29, 1.82) is 0 Å². The van der Waals surface area contributed by atoms with Gasteiger partial charge >= 0.3 is 0 Å². The van der Waals surface area contributed by atoms with Crippen molar-refractivity contribution in [3.8, 4) is 11.3 Å². The molecule has 0 bridgehead atoms.